The molecule has 2 N–H and O–H groups in total. The Hall–Kier alpha value is -2.04. The number of nitrogens with one attached hydrogen (secondary N) is 2. The van der Waals surface area contributed by atoms with Crippen LogP contribution in [0.3, 0.4) is 0 Å². The average molecular weight is 290 g/mol. The van der Waals surface area contributed by atoms with E-state index in [4.69, 9.17) is 4.74 Å². The summed E-state index contributed by atoms with van der Waals surface area (Å²) in [6.07, 6.45) is 4.18. The molecule has 2 rings (SSSR count). The summed E-state index contributed by atoms with van der Waals surface area (Å²) in [5.41, 5.74) is 0.525. The number of hydrogen-bond acceptors (Lipinski definition) is 3. The topological polar surface area (TPSA) is 67.4 Å². The summed E-state index contributed by atoms with van der Waals surface area (Å²) in [4.78, 5) is 23.4. The Bertz CT molecular complexity index is 481. The van der Waals surface area contributed by atoms with Crippen molar-refractivity contribution >= 4 is 11.8 Å². The smallest absolute Gasteiger partial charge is 0.251 e. The summed E-state index contributed by atoms with van der Waals surface area (Å²) in [6, 6.07) is 7.27. The highest BCUT2D eigenvalue weighted by Crippen LogP contribution is 2.18. The van der Waals surface area contributed by atoms with Gasteiger partial charge in [0.15, 0.2) is 0 Å². The molecule has 0 heterocycles. The SMILES string of the molecule is CCCCOc1ccc(C(=O)NCC(=O)NC2CC2)cc1. The van der Waals surface area contributed by atoms with E-state index in [0.717, 1.165) is 31.4 Å². The van der Waals surface area contributed by atoms with Gasteiger partial charge in [-0.15, -0.1) is 0 Å². The molecule has 0 bridgehead atoms. The molecule has 5 heteroatoms. The molecule has 5 nitrogen and oxygen atoms in total. The maximum atomic E-state index is 11.9. The zero-order valence-corrected chi connectivity index (χ0v) is 12.4. The van der Waals surface area contributed by atoms with Gasteiger partial charge in [-0.3, -0.25) is 9.59 Å². The van der Waals surface area contributed by atoms with Crippen molar-refractivity contribution in [2.24, 2.45) is 0 Å². The Kier molecular flexibility index (Phi) is 5.60. The second kappa shape index (κ2) is 7.67. The molecule has 1 saturated carbocycles. The number of carbonyl (C=O) groups excluding carboxylic acids is 2. The Morgan fingerprint density at radius 3 is 2.57 bits per heavy atom. The van der Waals surface area contributed by atoms with Crippen molar-refractivity contribution in [3.8, 4) is 5.75 Å². The first kappa shape index (κ1) is 15.4. The van der Waals surface area contributed by atoms with Crippen LogP contribution in [0.4, 0.5) is 0 Å². The average Bonchev–Trinajstić information content (AvgIpc) is 3.30. The quantitative estimate of drug-likeness (QED) is 0.718. The van der Waals surface area contributed by atoms with Crippen LogP contribution in [0.5, 0.6) is 5.75 Å². The molecular weight excluding hydrogens is 268 g/mol. The summed E-state index contributed by atoms with van der Waals surface area (Å²) in [5, 5.41) is 5.44. The van der Waals surface area contributed by atoms with Crippen molar-refractivity contribution in [2.45, 2.75) is 38.6 Å². The van der Waals surface area contributed by atoms with Gasteiger partial charge in [-0.25, -0.2) is 0 Å². The van der Waals surface area contributed by atoms with E-state index >= 15 is 0 Å². The van der Waals surface area contributed by atoms with Gasteiger partial charge in [0.1, 0.15) is 5.75 Å². The minimum absolute atomic E-state index is 0.0179. The summed E-state index contributed by atoms with van der Waals surface area (Å²) in [5.74, 6) is 0.373. The van der Waals surface area contributed by atoms with Gasteiger partial charge in [-0.05, 0) is 43.5 Å². The van der Waals surface area contributed by atoms with Crippen LogP contribution in [-0.4, -0.2) is 31.0 Å². The van der Waals surface area contributed by atoms with Crippen LogP contribution < -0.4 is 15.4 Å². The first-order chi connectivity index (χ1) is 10.2. The van der Waals surface area contributed by atoms with Crippen molar-refractivity contribution < 1.29 is 14.3 Å². The minimum atomic E-state index is -0.249. The molecule has 114 valence electrons. The van der Waals surface area contributed by atoms with Gasteiger partial charge in [0.25, 0.3) is 5.91 Å². The third kappa shape index (κ3) is 5.45. The van der Waals surface area contributed by atoms with E-state index in [9.17, 15) is 9.59 Å². The highest BCUT2D eigenvalue weighted by atomic mass is 16.5. The third-order valence-electron chi connectivity index (χ3n) is 3.24. The number of unbranched alkanes of at least 4 members (excludes halogenated alkanes) is 1. The normalized spacial score (nSPS) is 13.6. The van der Waals surface area contributed by atoms with E-state index < -0.39 is 0 Å². The maximum absolute atomic E-state index is 11.9. The molecule has 0 aliphatic heterocycles. The molecule has 0 spiro atoms. The van der Waals surface area contributed by atoms with Gasteiger partial charge >= 0.3 is 0 Å². The fourth-order valence-electron chi connectivity index (χ4n) is 1.81. The minimum Gasteiger partial charge on any atom is -0.494 e. The van der Waals surface area contributed by atoms with Crippen molar-refractivity contribution in [3.05, 3.63) is 29.8 Å². The number of hydrogen-bond donors (Lipinski definition) is 2. The lowest BCUT2D eigenvalue weighted by Crippen LogP contribution is -2.37. The number of rotatable bonds is 8. The van der Waals surface area contributed by atoms with Crippen molar-refractivity contribution in [3.63, 3.8) is 0 Å². The third-order valence-corrected chi connectivity index (χ3v) is 3.24. The molecule has 0 radical (unpaired) electrons. The van der Waals surface area contributed by atoms with Crippen LogP contribution in [0.15, 0.2) is 24.3 Å². The fraction of sp³-hybridized carbons (Fsp3) is 0.500. The van der Waals surface area contributed by atoms with Crippen LogP contribution >= 0.6 is 0 Å². The van der Waals surface area contributed by atoms with Crippen LogP contribution in [-0.2, 0) is 4.79 Å². The van der Waals surface area contributed by atoms with Crippen LogP contribution in [0, 0.1) is 0 Å². The zero-order chi connectivity index (χ0) is 15.1. The fourth-order valence-corrected chi connectivity index (χ4v) is 1.81. The first-order valence-electron chi connectivity index (χ1n) is 7.49. The van der Waals surface area contributed by atoms with Gasteiger partial charge in [0.05, 0.1) is 13.2 Å². The lowest BCUT2D eigenvalue weighted by atomic mass is 10.2. The number of benzene rings is 1. The molecule has 0 unspecified atom stereocenters. The predicted molar refractivity (Wildman–Crippen MR) is 80.3 cm³/mol. The van der Waals surface area contributed by atoms with Crippen LogP contribution in [0.25, 0.3) is 0 Å². The lowest BCUT2D eigenvalue weighted by molar-refractivity contribution is -0.120. The lowest BCUT2D eigenvalue weighted by Gasteiger charge is -2.08. The van der Waals surface area contributed by atoms with Crippen molar-refractivity contribution in [1.29, 1.82) is 0 Å². The molecule has 1 aliphatic rings. The second-order valence-electron chi connectivity index (χ2n) is 5.25. The second-order valence-corrected chi connectivity index (χ2v) is 5.25. The van der Waals surface area contributed by atoms with Crippen LogP contribution in [0.2, 0.25) is 0 Å². The summed E-state index contributed by atoms with van der Waals surface area (Å²) < 4.78 is 5.53. The summed E-state index contributed by atoms with van der Waals surface area (Å²) in [7, 11) is 0. The van der Waals surface area contributed by atoms with E-state index in [0.29, 0.717) is 18.2 Å². The van der Waals surface area contributed by atoms with Crippen LogP contribution in [0.1, 0.15) is 43.0 Å². The Labute approximate surface area is 125 Å². The molecule has 2 amide bonds. The van der Waals surface area contributed by atoms with Gasteiger partial charge in [-0.2, -0.15) is 0 Å². The molecule has 1 aromatic carbocycles. The number of amides is 2. The number of ether oxygens (including phenoxy) is 1. The largest absolute Gasteiger partial charge is 0.494 e. The zero-order valence-electron chi connectivity index (χ0n) is 12.4. The molecule has 1 aliphatic carbocycles. The maximum Gasteiger partial charge on any atom is 0.251 e. The van der Waals surface area contributed by atoms with E-state index in [2.05, 4.69) is 17.6 Å². The van der Waals surface area contributed by atoms with E-state index in [-0.39, 0.29) is 18.4 Å². The van der Waals surface area contributed by atoms with Gasteiger partial charge in [-0.1, -0.05) is 13.3 Å². The Morgan fingerprint density at radius 2 is 1.95 bits per heavy atom. The van der Waals surface area contributed by atoms with Gasteiger partial charge in [0.2, 0.25) is 5.91 Å². The summed E-state index contributed by atoms with van der Waals surface area (Å²) in [6.45, 7) is 2.81. The van der Waals surface area contributed by atoms with Gasteiger partial charge < -0.3 is 15.4 Å². The Balaban J connectivity index is 1.74. The molecule has 0 aromatic heterocycles. The molecule has 1 fully saturated rings. The molecule has 1 aromatic rings. The molecule has 21 heavy (non-hydrogen) atoms. The van der Waals surface area contributed by atoms with Gasteiger partial charge in [0, 0.05) is 11.6 Å². The number of carbonyl (C=O) groups is 2. The van der Waals surface area contributed by atoms with E-state index in [1.807, 2.05) is 0 Å². The predicted octanol–water partition coefficient (Wildman–Crippen LogP) is 1.87. The molecule has 0 saturated heterocycles. The molecular formula is C16H22N2O3. The van der Waals surface area contributed by atoms with E-state index in [1.165, 1.54) is 0 Å². The Morgan fingerprint density at radius 1 is 1.24 bits per heavy atom. The highest BCUT2D eigenvalue weighted by molar-refractivity contribution is 5.96. The van der Waals surface area contributed by atoms with Crippen molar-refractivity contribution in [2.75, 3.05) is 13.2 Å². The van der Waals surface area contributed by atoms with Crippen molar-refractivity contribution in [1.82, 2.24) is 10.6 Å². The van der Waals surface area contributed by atoms with E-state index in [1.54, 1.807) is 24.3 Å². The molecule has 0 atom stereocenters. The standard InChI is InChI=1S/C16H22N2O3/c1-2-3-10-21-14-8-4-12(5-9-14)16(20)17-11-15(19)18-13-6-7-13/h4-5,8-9,13H,2-3,6-7,10-11H2,1H3,(H,17,20)(H,18,19). The first-order valence-corrected chi connectivity index (χ1v) is 7.49. The monoisotopic (exact) mass is 290 g/mol. The highest BCUT2D eigenvalue weighted by Gasteiger charge is 2.23. The summed E-state index contributed by atoms with van der Waals surface area (Å²) >= 11 is 0.